The third-order valence-electron chi connectivity index (χ3n) is 1.94. The van der Waals surface area contributed by atoms with Crippen molar-refractivity contribution in [3.63, 3.8) is 0 Å². The Labute approximate surface area is 83.3 Å². The van der Waals surface area contributed by atoms with E-state index in [1.54, 1.807) is 6.20 Å². The fraction of sp³-hybridized carbons (Fsp3) is 0.556. The van der Waals surface area contributed by atoms with Crippen molar-refractivity contribution >= 4 is 11.9 Å². The van der Waals surface area contributed by atoms with E-state index in [1.165, 1.54) is 0 Å². The fourth-order valence-corrected chi connectivity index (χ4v) is 1.19. The van der Waals surface area contributed by atoms with Crippen LogP contribution in [0.25, 0.3) is 0 Å². The average Bonchev–Trinajstić information content (AvgIpc) is 2.59. The van der Waals surface area contributed by atoms with Crippen LogP contribution in [0.1, 0.15) is 19.8 Å². The maximum Gasteiger partial charge on any atom is 0.217 e. The van der Waals surface area contributed by atoms with Gasteiger partial charge < -0.3 is 15.6 Å². The van der Waals surface area contributed by atoms with Crippen LogP contribution in [-0.2, 0) is 11.3 Å². The number of primary amides is 1. The highest BCUT2D eigenvalue weighted by molar-refractivity contribution is 5.73. The molecule has 0 aromatic carbocycles. The van der Waals surface area contributed by atoms with E-state index in [0.717, 1.165) is 25.5 Å². The Morgan fingerprint density at radius 2 is 2.50 bits per heavy atom. The molecule has 5 heteroatoms. The number of carbonyl (C=O) groups is 1. The van der Waals surface area contributed by atoms with Gasteiger partial charge in [0.15, 0.2) is 0 Å². The zero-order valence-electron chi connectivity index (χ0n) is 8.36. The minimum absolute atomic E-state index is 0.259. The smallest absolute Gasteiger partial charge is 0.217 e. The van der Waals surface area contributed by atoms with Crippen molar-refractivity contribution in [2.75, 3.05) is 11.9 Å². The van der Waals surface area contributed by atoms with Gasteiger partial charge in [-0.25, -0.2) is 4.98 Å². The molecule has 3 N–H and O–H groups in total. The van der Waals surface area contributed by atoms with Crippen LogP contribution in [0, 0.1) is 0 Å². The van der Waals surface area contributed by atoms with E-state index in [9.17, 15) is 4.79 Å². The Kier molecular flexibility index (Phi) is 3.97. The summed E-state index contributed by atoms with van der Waals surface area (Å²) in [6.07, 6.45) is 4.82. The molecule has 0 unspecified atom stereocenters. The molecule has 0 fully saturated rings. The normalized spacial score (nSPS) is 10.1. The standard InChI is InChI=1S/C9H16N4O/c1-2-13-7-6-12-9(13)11-5-3-4-8(10)14/h6-7H,2-5H2,1H3,(H2,10,14)(H,11,12). The molecule has 0 radical (unpaired) electrons. The van der Waals surface area contributed by atoms with Gasteiger partial charge in [-0.3, -0.25) is 4.79 Å². The van der Waals surface area contributed by atoms with Gasteiger partial charge in [0.05, 0.1) is 0 Å². The van der Waals surface area contributed by atoms with Crippen molar-refractivity contribution in [3.05, 3.63) is 12.4 Å². The lowest BCUT2D eigenvalue weighted by molar-refractivity contribution is -0.118. The van der Waals surface area contributed by atoms with Crippen LogP contribution in [0.15, 0.2) is 12.4 Å². The molecular weight excluding hydrogens is 180 g/mol. The zero-order chi connectivity index (χ0) is 10.4. The molecule has 0 bridgehead atoms. The zero-order valence-corrected chi connectivity index (χ0v) is 8.36. The largest absolute Gasteiger partial charge is 0.370 e. The summed E-state index contributed by atoms with van der Waals surface area (Å²) in [6, 6.07) is 0. The summed E-state index contributed by atoms with van der Waals surface area (Å²) in [5.74, 6) is 0.586. The first-order valence-corrected chi connectivity index (χ1v) is 4.77. The molecule has 1 aromatic heterocycles. The van der Waals surface area contributed by atoms with Crippen molar-refractivity contribution in [2.45, 2.75) is 26.3 Å². The number of hydrogen-bond donors (Lipinski definition) is 2. The first-order chi connectivity index (χ1) is 6.74. The molecule has 14 heavy (non-hydrogen) atoms. The van der Waals surface area contributed by atoms with E-state index in [-0.39, 0.29) is 5.91 Å². The summed E-state index contributed by atoms with van der Waals surface area (Å²) in [5.41, 5.74) is 5.02. The van der Waals surface area contributed by atoms with Gasteiger partial charge in [0.2, 0.25) is 11.9 Å². The minimum Gasteiger partial charge on any atom is -0.370 e. The van der Waals surface area contributed by atoms with Crippen LogP contribution in [-0.4, -0.2) is 22.0 Å². The van der Waals surface area contributed by atoms with Crippen molar-refractivity contribution in [1.29, 1.82) is 0 Å². The van der Waals surface area contributed by atoms with E-state index in [4.69, 9.17) is 5.73 Å². The van der Waals surface area contributed by atoms with E-state index in [2.05, 4.69) is 17.2 Å². The predicted molar refractivity (Wildman–Crippen MR) is 54.8 cm³/mol. The number of hydrogen-bond acceptors (Lipinski definition) is 3. The fourth-order valence-electron chi connectivity index (χ4n) is 1.19. The molecule has 1 heterocycles. The van der Waals surface area contributed by atoms with Crippen LogP contribution >= 0.6 is 0 Å². The summed E-state index contributed by atoms with van der Waals surface area (Å²) in [4.78, 5) is 14.6. The van der Waals surface area contributed by atoms with Gasteiger partial charge >= 0.3 is 0 Å². The second-order valence-electron chi connectivity index (χ2n) is 3.03. The van der Waals surface area contributed by atoms with Gasteiger partial charge in [-0.15, -0.1) is 0 Å². The SMILES string of the molecule is CCn1ccnc1NCCCC(N)=O. The highest BCUT2D eigenvalue weighted by Crippen LogP contribution is 2.03. The van der Waals surface area contributed by atoms with Crippen molar-refractivity contribution in [1.82, 2.24) is 9.55 Å². The van der Waals surface area contributed by atoms with E-state index < -0.39 is 0 Å². The highest BCUT2D eigenvalue weighted by atomic mass is 16.1. The van der Waals surface area contributed by atoms with Crippen molar-refractivity contribution in [2.24, 2.45) is 5.73 Å². The number of aryl methyl sites for hydroxylation is 1. The highest BCUT2D eigenvalue weighted by Gasteiger charge is 1.99. The summed E-state index contributed by atoms with van der Waals surface area (Å²) in [6.45, 7) is 3.66. The Morgan fingerprint density at radius 3 is 3.14 bits per heavy atom. The first-order valence-electron chi connectivity index (χ1n) is 4.77. The van der Waals surface area contributed by atoms with Crippen molar-refractivity contribution < 1.29 is 4.79 Å². The number of anilines is 1. The molecule has 0 saturated heterocycles. The molecule has 0 aliphatic carbocycles. The Morgan fingerprint density at radius 1 is 1.71 bits per heavy atom. The summed E-state index contributed by atoms with van der Waals surface area (Å²) in [7, 11) is 0. The second-order valence-corrected chi connectivity index (χ2v) is 3.03. The lowest BCUT2D eigenvalue weighted by Crippen LogP contribution is -2.14. The number of rotatable bonds is 6. The monoisotopic (exact) mass is 196 g/mol. The third kappa shape index (κ3) is 3.08. The number of amides is 1. The number of nitrogens with one attached hydrogen (secondary N) is 1. The van der Waals surface area contributed by atoms with Crippen LogP contribution in [0.2, 0.25) is 0 Å². The summed E-state index contributed by atoms with van der Waals surface area (Å²) >= 11 is 0. The van der Waals surface area contributed by atoms with Gasteiger partial charge in [-0.2, -0.15) is 0 Å². The van der Waals surface area contributed by atoms with E-state index >= 15 is 0 Å². The summed E-state index contributed by atoms with van der Waals surface area (Å²) in [5, 5.41) is 3.14. The molecule has 0 aliphatic rings. The first kappa shape index (κ1) is 10.6. The lowest BCUT2D eigenvalue weighted by atomic mass is 10.3. The molecule has 1 rings (SSSR count). The van der Waals surface area contributed by atoms with Gasteiger partial charge in [0.1, 0.15) is 0 Å². The van der Waals surface area contributed by atoms with Gasteiger partial charge in [-0.1, -0.05) is 0 Å². The van der Waals surface area contributed by atoms with Gasteiger partial charge in [0, 0.05) is 31.9 Å². The number of nitrogens with two attached hydrogens (primary N) is 1. The maximum absolute atomic E-state index is 10.5. The summed E-state index contributed by atoms with van der Waals surface area (Å²) < 4.78 is 2.00. The van der Waals surface area contributed by atoms with Gasteiger partial charge in [0.25, 0.3) is 0 Å². The van der Waals surface area contributed by atoms with Gasteiger partial charge in [-0.05, 0) is 13.3 Å². The number of imidazole rings is 1. The molecule has 0 atom stereocenters. The quantitative estimate of drug-likeness (QED) is 0.654. The van der Waals surface area contributed by atoms with Crippen LogP contribution in [0.5, 0.6) is 0 Å². The van der Waals surface area contributed by atoms with Crippen LogP contribution < -0.4 is 11.1 Å². The predicted octanol–water partition coefficient (Wildman–Crippen LogP) is 0.580. The minimum atomic E-state index is -0.259. The Balaban J connectivity index is 2.27. The molecule has 0 saturated carbocycles. The molecule has 5 nitrogen and oxygen atoms in total. The average molecular weight is 196 g/mol. The number of aromatic nitrogens is 2. The maximum atomic E-state index is 10.5. The molecule has 0 spiro atoms. The number of nitrogens with zero attached hydrogens (tertiary/aromatic N) is 2. The van der Waals surface area contributed by atoms with E-state index in [1.807, 2.05) is 10.8 Å². The molecule has 1 amide bonds. The Hall–Kier alpha value is -1.52. The second kappa shape index (κ2) is 5.26. The van der Waals surface area contributed by atoms with Crippen molar-refractivity contribution in [3.8, 4) is 0 Å². The van der Waals surface area contributed by atoms with E-state index in [0.29, 0.717) is 6.42 Å². The third-order valence-corrected chi connectivity index (χ3v) is 1.94. The molecule has 1 aromatic rings. The lowest BCUT2D eigenvalue weighted by Gasteiger charge is -2.06. The molecule has 78 valence electrons. The Bertz CT molecular complexity index is 295. The van der Waals surface area contributed by atoms with Crippen LogP contribution in [0.4, 0.5) is 5.95 Å². The topological polar surface area (TPSA) is 72.9 Å². The molecular formula is C9H16N4O. The molecule has 0 aliphatic heterocycles. The van der Waals surface area contributed by atoms with Crippen LogP contribution in [0.3, 0.4) is 0 Å². The number of carbonyl (C=O) groups excluding carboxylic acids is 1.